The smallest absolute Gasteiger partial charge is 0.221 e. The number of amides is 1. The first-order chi connectivity index (χ1) is 9.63. The van der Waals surface area contributed by atoms with Crippen LogP contribution in [-0.4, -0.2) is 5.91 Å². The molecule has 1 aromatic heterocycles. The van der Waals surface area contributed by atoms with Gasteiger partial charge in [-0.15, -0.1) is 0 Å². The minimum Gasteiger partial charge on any atom is -0.460 e. The molecule has 3 rings (SSSR count). The highest BCUT2D eigenvalue weighted by molar-refractivity contribution is 5.91. The van der Waals surface area contributed by atoms with Gasteiger partial charge in [0.1, 0.15) is 11.3 Å². The van der Waals surface area contributed by atoms with Gasteiger partial charge in [0.15, 0.2) is 5.43 Å². The van der Waals surface area contributed by atoms with E-state index in [-0.39, 0.29) is 17.3 Å². The summed E-state index contributed by atoms with van der Waals surface area (Å²) in [5.41, 5.74) is 1.01. The van der Waals surface area contributed by atoms with Crippen molar-refractivity contribution in [3.05, 3.63) is 64.6 Å². The van der Waals surface area contributed by atoms with Gasteiger partial charge >= 0.3 is 0 Å². The Morgan fingerprint density at radius 1 is 1.20 bits per heavy atom. The van der Waals surface area contributed by atoms with Gasteiger partial charge in [-0.1, -0.05) is 24.3 Å². The van der Waals surface area contributed by atoms with E-state index in [0.717, 1.165) is 0 Å². The maximum atomic E-state index is 12.1. The van der Waals surface area contributed by atoms with Crippen molar-refractivity contribution >= 4 is 22.6 Å². The summed E-state index contributed by atoms with van der Waals surface area (Å²) in [4.78, 5) is 23.2. The molecule has 0 aliphatic heterocycles. The van der Waals surface area contributed by atoms with Crippen molar-refractivity contribution in [3.63, 3.8) is 0 Å². The first-order valence-corrected chi connectivity index (χ1v) is 6.34. The number of nitrogens with one attached hydrogen (secondary N) is 1. The molecule has 1 heterocycles. The first-order valence-electron chi connectivity index (χ1n) is 6.34. The van der Waals surface area contributed by atoms with E-state index >= 15 is 0 Å². The summed E-state index contributed by atoms with van der Waals surface area (Å²) in [7, 11) is 0. The molecule has 0 radical (unpaired) electrons. The van der Waals surface area contributed by atoms with Gasteiger partial charge in [-0.3, -0.25) is 9.59 Å². The quantitative estimate of drug-likeness (QED) is 0.910. The van der Waals surface area contributed by atoms with Crippen LogP contribution >= 0.6 is 0 Å². The molecule has 1 aliphatic rings. The molecule has 1 amide bonds. The Morgan fingerprint density at radius 3 is 2.65 bits per heavy atom. The molecule has 0 unspecified atom stereocenters. The van der Waals surface area contributed by atoms with E-state index in [4.69, 9.17) is 4.42 Å². The average molecular weight is 267 g/mol. The normalized spacial score (nSPS) is 14.1. The molecular formula is C16H13NO3. The minimum absolute atomic E-state index is 0.00322. The molecule has 2 aromatic rings. The van der Waals surface area contributed by atoms with E-state index in [9.17, 15) is 9.59 Å². The molecule has 1 N–H and O–H groups in total. The topological polar surface area (TPSA) is 59.3 Å². The molecule has 1 aromatic carbocycles. The van der Waals surface area contributed by atoms with Crippen LogP contribution in [-0.2, 0) is 4.79 Å². The van der Waals surface area contributed by atoms with E-state index in [2.05, 4.69) is 5.32 Å². The van der Waals surface area contributed by atoms with E-state index in [0.29, 0.717) is 22.4 Å². The highest BCUT2D eigenvalue weighted by Crippen LogP contribution is 2.25. The zero-order valence-corrected chi connectivity index (χ0v) is 10.9. The molecule has 100 valence electrons. The second-order valence-electron chi connectivity index (χ2n) is 4.70. The van der Waals surface area contributed by atoms with Crippen molar-refractivity contribution in [1.82, 2.24) is 0 Å². The van der Waals surface area contributed by atoms with Crippen LogP contribution in [0.4, 0.5) is 5.69 Å². The maximum absolute atomic E-state index is 12.1. The number of carbonyl (C=O) groups excluding carboxylic acids is 1. The molecule has 0 atom stereocenters. The second-order valence-corrected chi connectivity index (χ2v) is 4.70. The fourth-order valence-electron chi connectivity index (χ4n) is 2.24. The second kappa shape index (κ2) is 4.81. The summed E-state index contributed by atoms with van der Waals surface area (Å²) in [6.07, 6.45) is 7.76. The van der Waals surface area contributed by atoms with Crippen LogP contribution in [0.15, 0.2) is 57.8 Å². The van der Waals surface area contributed by atoms with E-state index < -0.39 is 0 Å². The largest absolute Gasteiger partial charge is 0.460 e. The number of fused-ring (bicyclic) bond motifs is 1. The lowest BCUT2D eigenvalue weighted by Gasteiger charge is -2.07. The van der Waals surface area contributed by atoms with Crippen molar-refractivity contribution < 1.29 is 9.21 Å². The molecular weight excluding hydrogens is 254 g/mol. The van der Waals surface area contributed by atoms with Crippen LogP contribution in [0.5, 0.6) is 0 Å². The number of hydrogen-bond acceptors (Lipinski definition) is 3. The van der Waals surface area contributed by atoms with Gasteiger partial charge in [-0.25, -0.2) is 0 Å². The van der Waals surface area contributed by atoms with Crippen molar-refractivity contribution in [2.75, 3.05) is 5.32 Å². The Bertz CT molecular complexity index is 787. The summed E-state index contributed by atoms with van der Waals surface area (Å²) in [5, 5.41) is 3.18. The molecule has 1 aliphatic carbocycles. The maximum Gasteiger partial charge on any atom is 0.221 e. The molecule has 0 fully saturated rings. The molecule has 20 heavy (non-hydrogen) atoms. The summed E-state index contributed by atoms with van der Waals surface area (Å²) in [5.74, 6) is 0.438. The highest BCUT2D eigenvalue weighted by atomic mass is 16.3. The third-order valence-electron chi connectivity index (χ3n) is 3.15. The standard InChI is InChI=1S/C16H13NO3/c1-10(18)17-12-6-7-13-14(19)9-15(20-16(13)8-12)11-4-2-3-5-11/h2-9,11H,1H3,(H,17,18). The molecule has 4 nitrogen and oxygen atoms in total. The van der Waals surface area contributed by atoms with E-state index in [1.807, 2.05) is 24.3 Å². The summed E-state index contributed by atoms with van der Waals surface area (Å²) >= 11 is 0. The van der Waals surface area contributed by atoms with Gasteiger partial charge in [0.05, 0.1) is 11.3 Å². The molecule has 0 bridgehead atoms. The highest BCUT2D eigenvalue weighted by Gasteiger charge is 2.13. The monoisotopic (exact) mass is 267 g/mol. The Morgan fingerprint density at radius 2 is 1.95 bits per heavy atom. The van der Waals surface area contributed by atoms with E-state index in [1.165, 1.54) is 13.0 Å². The van der Waals surface area contributed by atoms with Gasteiger partial charge in [-0.05, 0) is 12.1 Å². The third kappa shape index (κ3) is 2.28. The van der Waals surface area contributed by atoms with Gasteiger partial charge in [0, 0.05) is 24.7 Å². The fraction of sp³-hybridized carbons (Fsp3) is 0.125. The Balaban J connectivity index is 2.12. The number of hydrogen-bond donors (Lipinski definition) is 1. The van der Waals surface area contributed by atoms with Crippen LogP contribution in [0.25, 0.3) is 11.0 Å². The van der Waals surface area contributed by atoms with Crippen molar-refractivity contribution in [2.24, 2.45) is 0 Å². The summed E-state index contributed by atoms with van der Waals surface area (Å²) in [6.45, 7) is 1.44. The zero-order valence-electron chi connectivity index (χ0n) is 10.9. The predicted octanol–water partition coefficient (Wildman–Crippen LogP) is 2.96. The molecule has 0 spiro atoms. The molecule has 4 heteroatoms. The fourth-order valence-corrected chi connectivity index (χ4v) is 2.24. The third-order valence-corrected chi connectivity index (χ3v) is 3.15. The van der Waals surface area contributed by atoms with Gasteiger partial charge in [0.2, 0.25) is 5.91 Å². The van der Waals surface area contributed by atoms with Crippen molar-refractivity contribution in [3.8, 4) is 0 Å². The lowest BCUT2D eigenvalue weighted by molar-refractivity contribution is -0.114. The van der Waals surface area contributed by atoms with Crippen LogP contribution in [0.3, 0.4) is 0 Å². The van der Waals surface area contributed by atoms with E-state index in [1.54, 1.807) is 18.2 Å². The van der Waals surface area contributed by atoms with Gasteiger partial charge < -0.3 is 9.73 Å². The lowest BCUT2D eigenvalue weighted by Crippen LogP contribution is -2.07. The zero-order chi connectivity index (χ0) is 14.1. The molecule has 0 saturated carbocycles. The predicted molar refractivity (Wildman–Crippen MR) is 77.8 cm³/mol. The summed E-state index contributed by atoms with van der Waals surface area (Å²) in [6, 6.07) is 6.54. The van der Waals surface area contributed by atoms with Crippen molar-refractivity contribution in [2.45, 2.75) is 12.8 Å². The van der Waals surface area contributed by atoms with Crippen LogP contribution in [0.2, 0.25) is 0 Å². The lowest BCUT2D eigenvalue weighted by atomic mass is 10.1. The number of rotatable bonds is 2. The number of allylic oxidation sites excluding steroid dienone is 4. The van der Waals surface area contributed by atoms with Crippen LogP contribution < -0.4 is 10.7 Å². The van der Waals surface area contributed by atoms with Crippen molar-refractivity contribution in [1.29, 1.82) is 0 Å². The number of benzene rings is 1. The first kappa shape index (κ1) is 12.4. The molecule has 0 saturated heterocycles. The number of carbonyl (C=O) groups is 1. The Labute approximate surface area is 115 Å². The van der Waals surface area contributed by atoms with Crippen LogP contribution in [0, 0.1) is 0 Å². The Hall–Kier alpha value is -2.62. The van der Waals surface area contributed by atoms with Gasteiger partial charge in [0.25, 0.3) is 0 Å². The summed E-state index contributed by atoms with van der Waals surface area (Å²) < 4.78 is 5.79. The Kier molecular flexibility index (Phi) is 2.99. The minimum atomic E-state index is -0.162. The SMILES string of the molecule is CC(=O)Nc1ccc2c(=O)cc(C3C=CC=C3)oc2c1. The number of anilines is 1. The average Bonchev–Trinajstić information content (AvgIpc) is 2.91. The van der Waals surface area contributed by atoms with Crippen LogP contribution in [0.1, 0.15) is 18.6 Å². The van der Waals surface area contributed by atoms with Gasteiger partial charge in [-0.2, -0.15) is 0 Å².